The predicted octanol–water partition coefficient (Wildman–Crippen LogP) is 8.69. The molecule has 1 aliphatic carbocycles. The van der Waals surface area contributed by atoms with Crippen molar-refractivity contribution in [3.05, 3.63) is 95.1 Å². The molecule has 1 N–H and O–H groups in total. The minimum absolute atomic E-state index is 0.0791. The number of ether oxygens (including phenoxy) is 1. The zero-order valence-electron chi connectivity index (χ0n) is 27.4. The van der Waals surface area contributed by atoms with Gasteiger partial charge in [-0.15, -0.1) is 13.2 Å². The van der Waals surface area contributed by atoms with Crippen molar-refractivity contribution < 1.29 is 35.9 Å². The Kier molecular flexibility index (Phi) is 9.27. The van der Waals surface area contributed by atoms with E-state index in [1.807, 2.05) is 30.3 Å². The van der Waals surface area contributed by atoms with E-state index in [9.17, 15) is 31.1 Å². The van der Waals surface area contributed by atoms with Crippen molar-refractivity contribution in [1.29, 1.82) is 0 Å². The third kappa shape index (κ3) is 7.46. The summed E-state index contributed by atoms with van der Waals surface area (Å²) < 4.78 is 86.2. The number of piperidine rings is 2. The molecule has 2 aliphatic heterocycles. The van der Waals surface area contributed by atoms with E-state index >= 15 is 0 Å². The molecule has 0 unspecified atom stereocenters. The van der Waals surface area contributed by atoms with Gasteiger partial charge in [0.2, 0.25) is 0 Å². The van der Waals surface area contributed by atoms with Crippen LogP contribution in [0, 0.1) is 0 Å². The molecule has 1 amide bonds. The van der Waals surface area contributed by atoms with Crippen LogP contribution in [-0.2, 0) is 18.3 Å². The third-order valence-corrected chi connectivity index (χ3v) is 10.3. The first kappa shape index (κ1) is 34.3. The first-order valence-electron chi connectivity index (χ1n) is 17.1. The normalized spacial score (nSPS) is 19.0. The lowest BCUT2D eigenvalue weighted by atomic mass is 9.93. The number of likely N-dealkylation sites (tertiary alicyclic amines) is 2. The summed E-state index contributed by atoms with van der Waals surface area (Å²) in [6.45, 7) is 3.68. The van der Waals surface area contributed by atoms with Gasteiger partial charge in [0, 0.05) is 29.1 Å². The van der Waals surface area contributed by atoms with Gasteiger partial charge in [-0.05, 0) is 101 Å². The monoisotopic (exact) mass is 696 g/mol. The Balaban J connectivity index is 1.35. The summed E-state index contributed by atoms with van der Waals surface area (Å²) in [4.78, 5) is 24.1. The van der Waals surface area contributed by atoms with Crippen LogP contribution in [0.1, 0.15) is 72.0 Å². The van der Waals surface area contributed by atoms with Crippen molar-refractivity contribution in [3.63, 3.8) is 0 Å². The molecular weight excluding hydrogens is 658 g/mol. The number of rotatable bonds is 8. The average Bonchev–Trinajstić information content (AvgIpc) is 3.88. The number of carbonyl (C=O) groups is 1. The van der Waals surface area contributed by atoms with Crippen LogP contribution in [0.4, 0.5) is 26.3 Å². The van der Waals surface area contributed by atoms with Gasteiger partial charge >= 0.3 is 12.5 Å². The fourth-order valence-electron chi connectivity index (χ4n) is 7.57. The van der Waals surface area contributed by atoms with Gasteiger partial charge < -0.3 is 15.0 Å². The Bertz CT molecular complexity index is 1840. The molecule has 2 saturated heterocycles. The fourth-order valence-corrected chi connectivity index (χ4v) is 7.57. The lowest BCUT2D eigenvalue weighted by Gasteiger charge is -2.40. The minimum atomic E-state index is -4.98. The van der Waals surface area contributed by atoms with Gasteiger partial charge in [0.1, 0.15) is 5.75 Å². The smallest absolute Gasteiger partial charge is 0.406 e. The number of benzene rings is 3. The highest BCUT2D eigenvalue weighted by Gasteiger charge is 2.46. The number of hydrogen-bond donors (Lipinski definition) is 1. The van der Waals surface area contributed by atoms with Gasteiger partial charge in [0.25, 0.3) is 5.91 Å². The molecule has 3 heterocycles. The second-order valence-corrected chi connectivity index (χ2v) is 13.6. The summed E-state index contributed by atoms with van der Waals surface area (Å²) in [6, 6.07) is 18.2. The molecule has 3 fully saturated rings. The number of pyridine rings is 1. The molecule has 3 aliphatic rings. The standard InChI is InChI=1S/C38H38F6N4O2/c39-37(40,41)27-11-7-8-25(22-27)34-31(24-47-20-14-28(15-21-47)48-18-5-2-6-19-48)33(30-23-29(50-38(42,43)44)12-13-32(30)45-34)35(49)46-36(16-17-36)26-9-3-1-4-10-26/h1,3-4,7-13,22-23,28H,2,5-6,14-21,24H2,(H,46,49). The summed E-state index contributed by atoms with van der Waals surface area (Å²) in [5, 5.41) is 3.29. The molecule has 1 saturated carbocycles. The second kappa shape index (κ2) is 13.5. The van der Waals surface area contributed by atoms with E-state index in [1.54, 1.807) is 0 Å². The van der Waals surface area contributed by atoms with Gasteiger partial charge in [0.05, 0.1) is 27.9 Å². The minimum Gasteiger partial charge on any atom is -0.406 e. The Morgan fingerprint density at radius 1 is 0.860 bits per heavy atom. The van der Waals surface area contributed by atoms with Crippen LogP contribution in [0.15, 0.2) is 72.8 Å². The second-order valence-electron chi connectivity index (χ2n) is 13.6. The molecule has 3 aromatic carbocycles. The van der Waals surface area contributed by atoms with E-state index in [-0.39, 0.29) is 34.3 Å². The Morgan fingerprint density at radius 3 is 2.24 bits per heavy atom. The number of hydrogen-bond acceptors (Lipinski definition) is 5. The molecule has 6 nitrogen and oxygen atoms in total. The van der Waals surface area contributed by atoms with E-state index in [0.29, 0.717) is 37.5 Å². The number of fused-ring (bicyclic) bond motifs is 1. The van der Waals surface area contributed by atoms with Crippen molar-refractivity contribution in [1.82, 2.24) is 20.1 Å². The molecule has 4 aromatic rings. The van der Waals surface area contributed by atoms with Crippen LogP contribution < -0.4 is 10.1 Å². The molecule has 0 bridgehead atoms. The van der Waals surface area contributed by atoms with Gasteiger partial charge in [-0.2, -0.15) is 13.2 Å². The number of alkyl halides is 6. The van der Waals surface area contributed by atoms with E-state index in [2.05, 4.69) is 19.9 Å². The summed E-state index contributed by atoms with van der Waals surface area (Å²) in [7, 11) is 0. The van der Waals surface area contributed by atoms with Crippen molar-refractivity contribution in [2.45, 2.75) is 75.6 Å². The van der Waals surface area contributed by atoms with Crippen LogP contribution in [-0.4, -0.2) is 59.3 Å². The number of nitrogens with zero attached hydrogens (tertiary/aromatic N) is 3. The molecule has 264 valence electrons. The van der Waals surface area contributed by atoms with Crippen LogP contribution >= 0.6 is 0 Å². The molecule has 0 atom stereocenters. The quantitative estimate of drug-likeness (QED) is 0.187. The molecular formula is C38H38F6N4O2. The highest BCUT2D eigenvalue weighted by Crippen LogP contribution is 2.46. The summed E-state index contributed by atoms with van der Waals surface area (Å²) in [5.74, 6) is -1.06. The Hall–Kier alpha value is -4.16. The Labute approximate surface area is 286 Å². The maximum absolute atomic E-state index is 14.6. The number of aromatic nitrogens is 1. The number of nitrogens with one attached hydrogen (secondary N) is 1. The lowest BCUT2D eigenvalue weighted by molar-refractivity contribution is -0.274. The van der Waals surface area contributed by atoms with Crippen molar-refractivity contribution >= 4 is 16.8 Å². The SMILES string of the molecule is O=C(NC1(c2ccccc2)CC1)c1c(CN2CCC(N3CCCCC3)CC2)c(-c2cccc(C(F)(F)F)c2)nc2ccc(OC(F)(F)F)cc12. The molecule has 0 radical (unpaired) electrons. The first-order chi connectivity index (χ1) is 23.9. The molecule has 0 spiro atoms. The molecule has 50 heavy (non-hydrogen) atoms. The van der Waals surface area contributed by atoms with Crippen molar-refractivity contribution in [2.24, 2.45) is 0 Å². The maximum Gasteiger partial charge on any atom is 0.573 e. The summed E-state index contributed by atoms with van der Waals surface area (Å²) >= 11 is 0. The zero-order valence-corrected chi connectivity index (χ0v) is 27.4. The van der Waals surface area contributed by atoms with Gasteiger partial charge in [-0.25, -0.2) is 4.98 Å². The van der Waals surface area contributed by atoms with Gasteiger partial charge in [0.15, 0.2) is 0 Å². The average molecular weight is 697 g/mol. The predicted molar refractivity (Wildman–Crippen MR) is 177 cm³/mol. The number of carbonyl (C=O) groups excluding carboxylic acids is 1. The highest BCUT2D eigenvalue weighted by atomic mass is 19.4. The van der Waals surface area contributed by atoms with Crippen molar-refractivity contribution in [2.75, 3.05) is 26.2 Å². The molecule has 7 rings (SSSR count). The zero-order chi connectivity index (χ0) is 35.1. The van der Waals surface area contributed by atoms with E-state index in [0.717, 1.165) is 55.8 Å². The third-order valence-electron chi connectivity index (χ3n) is 10.3. The van der Waals surface area contributed by atoms with Crippen LogP contribution in [0.2, 0.25) is 0 Å². The first-order valence-corrected chi connectivity index (χ1v) is 17.1. The van der Waals surface area contributed by atoms with E-state index in [1.165, 1.54) is 37.5 Å². The van der Waals surface area contributed by atoms with Crippen LogP contribution in [0.25, 0.3) is 22.2 Å². The Morgan fingerprint density at radius 2 is 1.58 bits per heavy atom. The van der Waals surface area contributed by atoms with Crippen molar-refractivity contribution in [3.8, 4) is 17.0 Å². The molecule has 1 aromatic heterocycles. The number of halogens is 6. The highest BCUT2D eigenvalue weighted by molar-refractivity contribution is 6.09. The number of amides is 1. The topological polar surface area (TPSA) is 57.7 Å². The summed E-state index contributed by atoms with van der Waals surface area (Å²) in [6.07, 6.45) is -2.92. The lowest BCUT2D eigenvalue weighted by Crippen LogP contribution is -2.46. The van der Waals surface area contributed by atoms with Crippen LogP contribution in [0.5, 0.6) is 5.75 Å². The maximum atomic E-state index is 14.6. The van der Waals surface area contributed by atoms with Gasteiger partial charge in [-0.1, -0.05) is 48.9 Å². The fraction of sp³-hybridized carbons (Fsp3) is 0.421. The van der Waals surface area contributed by atoms with E-state index < -0.39 is 35.3 Å². The van der Waals surface area contributed by atoms with E-state index in [4.69, 9.17) is 4.98 Å². The van der Waals surface area contributed by atoms with Gasteiger partial charge in [-0.3, -0.25) is 9.69 Å². The summed E-state index contributed by atoms with van der Waals surface area (Å²) in [5.41, 5.74) is 0.297. The molecule has 12 heteroatoms. The largest absolute Gasteiger partial charge is 0.573 e. The van der Waals surface area contributed by atoms with Crippen LogP contribution in [0.3, 0.4) is 0 Å².